The van der Waals surface area contributed by atoms with E-state index in [1.165, 1.54) is 0 Å². The third-order valence-corrected chi connectivity index (χ3v) is 3.86. The van der Waals surface area contributed by atoms with Gasteiger partial charge < -0.3 is 14.5 Å². The van der Waals surface area contributed by atoms with Crippen LogP contribution in [0.15, 0.2) is 48.7 Å². The van der Waals surface area contributed by atoms with Gasteiger partial charge >= 0.3 is 0 Å². The topological polar surface area (TPSA) is 45.7 Å². The van der Waals surface area contributed by atoms with Crippen molar-refractivity contribution in [3.05, 3.63) is 59.9 Å². The van der Waals surface area contributed by atoms with Crippen LogP contribution in [-0.2, 0) is 11.3 Å². The van der Waals surface area contributed by atoms with E-state index in [1.54, 1.807) is 13.1 Å². The molecule has 2 rings (SSSR count). The first kappa shape index (κ1) is 18.9. The zero-order chi connectivity index (χ0) is 18.2. The molecule has 0 aliphatic heterocycles. The molecule has 1 aromatic heterocycles. The fourth-order valence-corrected chi connectivity index (χ4v) is 2.48. The van der Waals surface area contributed by atoms with Crippen molar-refractivity contribution in [2.45, 2.75) is 26.5 Å². The molecule has 0 unspecified atom stereocenters. The number of hydrogen-bond acceptors (Lipinski definition) is 4. The van der Waals surface area contributed by atoms with Gasteiger partial charge in [-0.05, 0) is 57.8 Å². The largest absolute Gasteiger partial charge is 0.481 e. The van der Waals surface area contributed by atoms with Crippen LogP contribution in [0.5, 0.6) is 5.75 Å². The summed E-state index contributed by atoms with van der Waals surface area (Å²) < 4.78 is 5.86. The summed E-state index contributed by atoms with van der Waals surface area (Å²) in [5.41, 5.74) is 1.98. The van der Waals surface area contributed by atoms with Crippen molar-refractivity contribution in [1.29, 1.82) is 0 Å². The first-order valence-corrected chi connectivity index (χ1v) is 8.52. The normalized spacial score (nSPS) is 12.0. The third kappa shape index (κ3) is 6.19. The number of carbonyl (C=O) groups is 1. The van der Waals surface area contributed by atoms with Crippen molar-refractivity contribution in [3.8, 4) is 5.75 Å². The van der Waals surface area contributed by atoms with Crippen LogP contribution in [0.2, 0.25) is 0 Å². The predicted octanol–water partition coefficient (Wildman–Crippen LogP) is 2.75. The maximum Gasteiger partial charge on any atom is 0.263 e. The number of carbonyl (C=O) groups excluding carboxylic acids is 1. The number of hydrogen-bond donors (Lipinski definition) is 0. The maximum atomic E-state index is 12.9. The molecule has 2 aromatic rings. The molecule has 5 nitrogen and oxygen atoms in total. The average molecular weight is 341 g/mol. The fourth-order valence-electron chi connectivity index (χ4n) is 2.48. The lowest BCUT2D eigenvalue weighted by atomic mass is 10.2. The number of rotatable bonds is 8. The summed E-state index contributed by atoms with van der Waals surface area (Å²) in [6, 6.07) is 13.5. The molecule has 5 heteroatoms. The monoisotopic (exact) mass is 341 g/mol. The lowest BCUT2D eigenvalue weighted by Crippen LogP contribution is -2.43. The Bertz CT molecular complexity index is 674. The van der Waals surface area contributed by atoms with Crippen molar-refractivity contribution >= 4 is 5.91 Å². The van der Waals surface area contributed by atoms with Gasteiger partial charge in [0.15, 0.2) is 6.10 Å². The highest BCUT2D eigenvalue weighted by molar-refractivity contribution is 5.80. The van der Waals surface area contributed by atoms with E-state index in [4.69, 9.17) is 4.74 Å². The van der Waals surface area contributed by atoms with Crippen LogP contribution in [0, 0.1) is 6.92 Å². The maximum absolute atomic E-state index is 12.9. The molecular formula is C20H27N3O2. The second-order valence-corrected chi connectivity index (χ2v) is 6.46. The average Bonchev–Trinajstić information content (AvgIpc) is 2.58. The summed E-state index contributed by atoms with van der Waals surface area (Å²) in [7, 11) is 3.99. The Morgan fingerprint density at radius 1 is 1.16 bits per heavy atom. The van der Waals surface area contributed by atoms with Crippen LogP contribution >= 0.6 is 0 Å². The molecule has 1 amide bonds. The van der Waals surface area contributed by atoms with E-state index in [0.717, 1.165) is 17.8 Å². The summed E-state index contributed by atoms with van der Waals surface area (Å²) in [6.07, 6.45) is 1.20. The van der Waals surface area contributed by atoms with E-state index in [1.807, 2.05) is 68.4 Å². The van der Waals surface area contributed by atoms with Gasteiger partial charge in [0.1, 0.15) is 5.75 Å². The van der Waals surface area contributed by atoms with Crippen molar-refractivity contribution in [1.82, 2.24) is 14.8 Å². The summed E-state index contributed by atoms with van der Waals surface area (Å²) >= 11 is 0. The summed E-state index contributed by atoms with van der Waals surface area (Å²) in [5.74, 6) is 0.681. The van der Waals surface area contributed by atoms with Gasteiger partial charge in [-0.3, -0.25) is 9.78 Å². The molecule has 1 atom stereocenters. The van der Waals surface area contributed by atoms with Crippen molar-refractivity contribution in [3.63, 3.8) is 0 Å². The lowest BCUT2D eigenvalue weighted by molar-refractivity contribution is -0.138. The number of pyridine rings is 1. The Balaban J connectivity index is 2.07. The second kappa shape index (κ2) is 9.18. The second-order valence-electron chi connectivity index (χ2n) is 6.46. The molecule has 1 aromatic carbocycles. The Kier molecular flexibility index (Phi) is 6.95. The lowest BCUT2D eigenvalue weighted by Gasteiger charge is -2.27. The highest BCUT2D eigenvalue weighted by Crippen LogP contribution is 2.15. The van der Waals surface area contributed by atoms with Gasteiger partial charge in [0, 0.05) is 19.3 Å². The molecule has 0 bridgehead atoms. The van der Waals surface area contributed by atoms with Crippen molar-refractivity contribution in [2.75, 3.05) is 27.2 Å². The van der Waals surface area contributed by atoms with Crippen molar-refractivity contribution in [2.24, 2.45) is 0 Å². The minimum absolute atomic E-state index is 0.0333. The Morgan fingerprint density at radius 3 is 2.60 bits per heavy atom. The number of ether oxygens (including phenoxy) is 1. The van der Waals surface area contributed by atoms with Gasteiger partial charge in [0.2, 0.25) is 0 Å². The molecule has 0 aliphatic carbocycles. The van der Waals surface area contributed by atoms with Gasteiger partial charge in [-0.15, -0.1) is 0 Å². The highest BCUT2D eigenvalue weighted by Gasteiger charge is 2.22. The van der Waals surface area contributed by atoms with Crippen LogP contribution in [0.4, 0.5) is 0 Å². The Labute approximate surface area is 150 Å². The summed E-state index contributed by atoms with van der Waals surface area (Å²) in [6.45, 7) is 5.70. The van der Waals surface area contributed by atoms with Gasteiger partial charge in [-0.1, -0.05) is 18.2 Å². The number of nitrogens with zero attached hydrogens (tertiary/aromatic N) is 3. The first-order valence-electron chi connectivity index (χ1n) is 8.52. The Hall–Kier alpha value is -2.40. The van der Waals surface area contributed by atoms with Crippen LogP contribution in [0.3, 0.4) is 0 Å². The molecular weight excluding hydrogens is 314 g/mol. The quantitative estimate of drug-likeness (QED) is 0.741. The highest BCUT2D eigenvalue weighted by atomic mass is 16.5. The molecule has 0 saturated carbocycles. The van der Waals surface area contributed by atoms with Crippen LogP contribution in [0.25, 0.3) is 0 Å². The number of amides is 1. The first-order chi connectivity index (χ1) is 12.0. The number of benzene rings is 1. The van der Waals surface area contributed by atoms with Gasteiger partial charge in [-0.2, -0.15) is 0 Å². The van der Waals surface area contributed by atoms with Gasteiger partial charge in [-0.25, -0.2) is 0 Å². The van der Waals surface area contributed by atoms with E-state index >= 15 is 0 Å². The molecule has 0 aliphatic rings. The van der Waals surface area contributed by atoms with Crippen LogP contribution < -0.4 is 4.74 Å². The van der Waals surface area contributed by atoms with Crippen LogP contribution in [-0.4, -0.2) is 54.0 Å². The van der Waals surface area contributed by atoms with E-state index in [-0.39, 0.29) is 5.91 Å². The predicted molar refractivity (Wildman–Crippen MR) is 99.5 cm³/mol. The molecule has 0 spiro atoms. The Morgan fingerprint density at radius 2 is 1.96 bits per heavy atom. The molecule has 0 N–H and O–H groups in total. The van der Waals surface area contributed by atoms with Gasteiger partial charge in [0.25, 0.3) is 5.91 Å². The van der Waals surface area contributed by atoms with E-state index in [0.29, 0.717) is 18.8 Å². The van der Waals surface area contributed by atoms with E-state index in [9.17, 15) is 4.79 Å². The number of aryl methyl sites for hydroxylation is 1. The minimum Gasteiger partial charge on any atom is -0.481 e. The number of aromatic nitrogens is 1. The zero-order valence-electron chi connectivity index (χ0n) is 15.5. The van der Waals surface area contributed by atoms with Gasteiger partial charge in [0.05, 0.1) is 12.2 Å². The van der Waals surface area contributed by atoms with E-state index in [2.05, 4.69) is 9.88 Å². The third-order valence-electron chi connectivity index (χ3n) is 3.86. The molecule has 1 heterocycles. The zero-order valence-corrected chi connectivity index (χ0v) is 15.5. The van der Waals surface area contributed by atoms with E-state index < -0.39 is 6.10 Å². The van der Waals surface area contributed by atoms with Crippen molar-refractivity contribution < 1.29 is 9.53 Å². The number of likely N-dealkylation sites (N-methyl/N-ethyl adjacent to an activating group) is 1. The molecule has 25 heavy (non-hydrogen) atoms. The smallest absolute Gasteiger partial charge is 0.263 e. The molecule has 0 fully saturated rings. The van der Waals surface area contributed by atoms with Crippen LogP contribution in [0.1, 0.15) is 18.2 Å². The summed E-state index contributed by atoms with van der Waals surface area (Å²) in [5, 5.41) is 0. The summed E-state index contributed by atoms with van der Waals surface area (Å²) in [4.78, 5) is 21.1. The molecule has 0 radical (unpaired) electrons. The minimum atomic E-state index is -0.548. The standard InChI is InChI=1S/C20H27N3O2/c1-16-8-7-10-19(14-16)25-17(2)20(24)23(13-12-22(3)4)15-18-9-5-6-11-21-18/h5-11,14,17H,12-13,15H2,1-4H3/t17-/m0/s1. The molecule has 0 saturated heterocycles. The fraction of sp³-hybridized carbons (Fsp3) is 0.400. The SMILES string of the molecule is Cc1cccc(O[C@@H](C)C(=O)N(CCN(C)C)Cc2ccccn2)c1. The molecule has 134 valence electrons.